The molecule has 0 aliphatic carbocycles. The van der Waals surface area contributed by atoms with E-state index in [9.17, 15) is 4.79 Å². The fourth-order valence-electron chi connectivity index (χ4n) is 2.17. The Kier molecular flexibility index (Phi) is 6.36. The number of hydrogen-bond acceptors (Lipinski definition) is 3. The molecule has 0 heterocycles. The van der Waals surface area contributed by atoms with Gasteiger partial charge in [0.05, 0.1) is 14.2 Å². The zero-order valence-corrected chi connectivity index (χ0v) is 13.0. The van der Waals surface area contributed by atoms with Crippen molar-refractivity contribution in [2.75, 3.05) is 20.8 Å². The second-order valence-corrected chi connectivity index (χ2v) is 5.12. The minimum absolute atomic E-state index is 0.0797. The first kappa shape index (κ1) is 16.3. The first-order valence-corrected chi connectivity index (χ1v) is 7.02. The van der Waals surface area contributed by atoms with Gasteiger partial charge in [0.1, 0.15) is 0 Å². The van der Waals surface area contributed by atoms with E-state index in [0.717, 1.165) is 17.1 Å². The Morgan fingerprint density at radius 2 is 1.85 bits per heavy atom. The van der Waals surface area contributed by atoms with E-state index in [0.29, 0.717) is 18.9 Å². The van der Waals surface area contributed by atoms with Crippen LogP contribution in [0.15, 0.2) is 18.2 Å². The van der Waals surface area contributed by atoms with E-state index in [1.807, 2.05) is 25.1 Å². The van der Waals surface area contributed by atoms with Crippen LogP contribution in [0.3, 0.4) is 0 Å². The van der Waals surface area contributed by atoms with E-state index >= 15 is 0 Å². The maximum Gasteiger partial charge on any atom is 0.219 e. The third-order valence-electron chi connectivity index (χ3n) is 3.48. The Bertz CT molecular complexity index is 443. The summed E-state index contributed by atoms with van der Waals surface area (Å²) in [5, 5.41) is 2.97. The lowest BCUT2D eigenvalue weighted by atomic mass is 9.88. The maximum absolute atomic E-state index is 11.4. The van der Waals surface area contributed by atoms with Gasteiger partial charge in [0.15, 0.2) is 11.5 Å². The minimum Gasteiger partial charge on any atom is -0.493 e. The molecule has 112 valence electrons. The highest BCUT2D eigenvalue weighted by atomic mass is 16.5. The Balaban J connectivity index is 2.94. The third kappa shape index (κ3) is 4.15. The van der Waals surface area contributed by atoms with Gasteiger partial charge in [0, 0.05) is 18.9 Å². The molecular formula is C16H25NO3. The van der Waals surface area contributed by atoms with Crippen LogP contribution < -0.4 is 14.8 Å². The SMILES string of the molecule is CCC(=O)NCC(c1ccc(OC)c(OC)c1)C(C)C. The van der Waals surface area contributed by atoms with Gasteiger partial charge in [0.2, 0.25) is 5.91 Å². The standard InChI is InChI=1S/C16H25NO3/c1-6-16(18)17-10-13(11(2)3)12-7-8-14(19-4)15(9-12)20-5/h7-9,11,13H,6,10H2,1-5H3,(H,17,18). The third-order valence-corrected chi connectivity index (χ3v) is 3.48. The zero-order valence-electron chi connectivity index (χ0n) is 13.0. The smallest absolute Gasteiger partial charge is 0.219 e. The molecule has 0 aliphatic rings. The summed E-state index contributed by atoms with van der Waals surface area (Å²) in [6, 6.07) is 5.93. The molecule has 0 aliphatic heterocycles. The molecule has 0 radical (unpaired) electrons. The fraction of sp³-hybridized carbons (Fsp3) is 0.562. The number of carbonyl (C=O) groups excluding carboxylic acids is 1. The molecule has 1 aromatic rings. The highest BCUT2D eigenvalue weighted by molar-refractivity contribution is 5.75. The molecule has 1 aromatic carbocycles. The lowest BCUT2D eigenvalue weighted by Crippen LogP contribution is -2.29. The molecule has 20 heavy (non-hydrogen) atoms. The molecule has 0 spiro atoms. The Morgan fingerprint density at radius 3 is 2.35 bits per heavy atom. The molecule has 1 atom stereocenters. The normalized spacial score (nSPS) is 12.1. The van der Waals surface area contributed by atoms with Crippen LogP contribution in [0.1, 0.15) is 38.7 Å². The number of hydrogen-bond donors (Lipinski definition) is 1. The van der Waals surface area contributed by atoms with Crippen LogP contribution in [0.2, 0.25) is 0 Å². The summed E-state index contributed by atoms with van der Waals surface area (Å²) < 4.78 is 10.6. The summed E-state index contributed by atoms with van der Waals surface area (Å²) in [6.07, 6.45) is 0.511. The topological polar surface area (TPSA) is 47.6 Å². The molecule has 1 rings (SSSR count). The number of benzene rings is 1. The van der Waals surface area contributed by atoms with E-state index in [4.69, 9.17) is 9.47 Å². The average molecular weight is 279 g/mol. The summed E-state index contributed by atoms with van der Waals surface area (Å²) in [6.45, 7) is 6.80. The number of carbonyl (C=O) groups is 1. The summed E-state index contributed by atoms with van der Waals surface area (Å²) in [4.78, 5) is 11.4. The molecule has 1 amide bonds. The Morgan fingerprint density at radius 1 is 1.20 bits per heavy atom. The summed E-state index contributed by atoms with van der Waals surface area (Å²) in [5.41, 5.74) is 1.15. The lowest BCUT2D eigenvalue weighted by molar-refractivity contribution is -0.120. The van der Waals surface area contributed by atoms with Crippen molar-refractivity contribution in [3.8, 4) is 11.5 Å². The van der Waals surface area contributed by atoms with Gasteiger partial charge in [-0.05, 0) is 23.6 Å². The van der Waals surface area contributed by atoms with Crippen LogP contribution >= 0.6 is 0 Å². The predicted octanol–water partition coefficient (Wildman–Crippen LogP) is 2.97. The van der Waals surface area contributed by atoms with E-state index in [2.05, 4.69) is 19.2 Å². The molecule has 4 heteroatoms. The Labute approximate surface area is 121 Å². The van der Waals surface area contributed by atoms with Crippen LogP contribution in [0.25, 0.3) is 0 Å². The maximum atomic E-state index is 11.4. The number of methoxy groups -OCH3 is 2. The Hall–Kier alpha value is -1.71. The van der Waals surface area contributed by atoms with Crippen LogP contribution in [-0.2, 0) is 4.79 Å². The predicted molar refractivity (Wildman–Crippen MR) is 80.4 cm³/mol. The van der Waals surface area contributed by atoms with Crippen molar-refractivity contribution in [2.45, 2.75) is 33.1 Å². The van der Waals surface area contributed by atoms with Crippen LogP contribution in [-0.4, -0.2) is 26.7 Å². The number of rotatable bonds is 7. The van der Waals surface area contributed by atoms with E-state index in [1.54, 1.807) is 14.2 Å². The van der Waals surface area contributed by atoms with E-state index in [-0.39, 0.29) is 11.8 Å². The van der Waals surface area contributed by atoms with E-state index < -0.39 is 0 Å². The van der Waals surface area contributed by atoms with Crippen molar-refractivity contribution >= 4 is 5.91 Å². The first-order valence-electron chi connectivity index (χ1n) is 7.02. The summed E-state index contributed by atoms with van der Waals surface area (Å²) in [7, 11) is 3.25. The minimum atomic E-state index is 0.0797. The van der Waals surface area contributed by atoms with Gasteiger partial charge < -0.3 is 14.8 Å². The second kappa shape index (κ2) is 7.78. The molecule has 4 nitrogen and oxygen atoms in total. The van der Waals surface area contributed by atoms with Crippen molar-refractivity contribution in [1.29, 1.82) is 0 Å². The van der Waals surface area contributed by atoms with Crippen LogP contribution in [0, 0.1) is 5.92 Å². The van der Waals surface area contributed by atoms with Gasteiger partial charge in [-0.2, -0.15) is 0 Å². The van der Waals surface area contributed by atoms with Crippen molar-refractivity contribution in [3.63, 3.8) is 0 Å². The van der Waals surface area contributed by atoms with Gasteiger partial charge in [-0.3, -0.25) is 4.79 Å². The average Bonchev–Trinajstić information content (AvgIpc) is 2.46. The highest BCUT2D eigenvalue weighted by Crippen LogP contribution is 2.33. The van der Waals surface area contributed by atoms with Gasteiger partial charge >= 0.3 is 0 Å². The largest absolute Gasteiger partial charge is 0.493 e. The van der Waals surface area contributed by atoms with Crippen LogP contribution in [0.4, 0.5) is 0 Å². The van der Waals surface area contributed by atoms with E-state index in [1.165, 1.54) is 0 Å². The van der Waals surface area contributed by atoms with Crippen molar-refractivity contribution in [1.82, 2.24) is 5.32 Å². The monoisotopic (exact) mass is 279 g/mol. The lowest BCUT2D eigenvalue weighted by Gasteiger charge is -2.23. The summed E-state index contributed by atoms with van der Waals surface area (Å²) >= 11 is 0. The van der Waals surface area contributed by atoms with Crippen LogP contribution in [0.5, 0.6) is 11.5 Å². The second-order valence-electron chi connectivity index (χ2n) is 5.12. The molecular weight excluding hydrogens is 254 g/mol. The number of nitrogens with one attached hydrogen (secondary N) is 1. The summed E-state index contributed by atoms with van der Waals surface area (Å²) in [5.74, 6) is 2.19. The number of ether oxygens (including phenoxy) is 2. The molecule has 0 fully saturated rings. The van der Waals surface area contributed by atoms with Gasteiger partial charge in [-0.15, -0.1) is 0 Å². The highest BCUT2D eigenvalue weighted by Gasteiger charge is 2.18. The molecule has 0 saturated heterocycles. The fourth-order valence-corrected chi connectivity index (χ4v) is 2.17. The first-order chi connectivity index (χ1) is 9.53. The van der Waals surface area contributed by atoms with Gasteiger partial charge in [0.25, 0.3) is 0 Å². The van der Waals surface area contributed by atoms with Crippen molar-refractivity contribution in [2.24, 2.45) is 5.92 Å². The van der Waals surface area contributed by atoms with Crippen molar-refractivity contribution in [3.05, 3.63) is 23.8 Å². The van der Waals surface area contributed by atoms with Gasteiger partial charge in [-0.25, -0.2) is 0 Å². The quantitative estimate of drug-likeness (QED) is 0.834. The van der Waals surface area contributed by atoms with Gasteiger partial charge in [-0.1, -0.05) is 26.8 Å². The molecule has 0 aromatic heterocycles. The molecule has 1 N–H and O–H groups in total. The van der Waals surface area contributed by atoms with Crippen molar-refractivity contribution < 1.29 is 14.3 Å². The number of amides is 1. The molecule has 0 bridgehead atoms. The molecule has 1 unspecified atom stereocenters. The molecule has 0 saturated carbocycles. The zero-order chi connectivity index (χ0) is 15.1.